The van der Waals surface area contributed by atoms with Gasteiger partial charge in [0, 0.05) is 10.2 Å². The molecular weight excluding hydrogens is 300 g/mol. The van der Waals surface area contributed by atoms with Gasteiger partial charge in [0.25, 0.3) is 5.91 Å². The average molecular weight is 311 g/mol. The maximum absolute atomic E-state index is 11.8. The quantitative estimate of drug-likeness (QED) is 0.917. The summed E-state index contributed by atoms with van der Waals surface area (Å²) in [6.07, 6.45) is 1.57. The molecule has 0 fully saturated rings. The van der Waals surface area contributed by atoms with Gasteiger partial charge in [0.05, 0.1) is 11.7 Å². The number of aryl methyl sites for hydroxylation is 2. The summed E-state index contributed by atoms with van der Waals surface area (Å²) in [6.45, 7) is 4.00. The van der Waals surface area contributed by atoms with Crippen LogP contribution in [-0.2, 0) is 0 Å². The minimum atomic E-state index is -0.117. The number of halogens is 1. The number of amides is 1. The molecule has 0 atom stereocenters. The predicted molar refractivity (Wildman–Crippen MR) is 73.7 cm³/mol. The van der Waals surface area contributed by atoms with Crippen LogP contribution in [0.3, 0.4) is 0 Å². The Morgan fingerprint density at radius 1 is 1.35 bits per heavy atom. The van der Waals surface area contributed by atoms with E-state index in [2.05, 4.69) is 26.2 Å². The standard InChI is InChI=1S/C12H11BrN2OS/c1-7-3-9(4-8(2)11(7)13)15-12(16)10-5-14-6-17-10/h3-6H,1-2H3,(H,15,16). The van der Waals surface area contributed by atoms with Gasteiger partial charge in [-0.2, -0.15) is 0 Å². The Labute approximate surface area is 112 Å². The third-order valence-electron chi connectivity index (χ3n) is 2.35. The zero-order chi connectivity index (χ0) is 12.4. The Morgan fingerprint density at radius 3 is 2.53 bits per heavy atom. The van der Waals surface area contributed by atoms with Crippen LogP contribution < -0.4 is 5.32 Å². The molecule has 0 radical (unpaired) electrons. The van der Waals surface area contributed by atoms with Crippen molar-refractivity contribution in [3.05, 3.63) is 44.3 Å². The maximum atomic E-state index is 11.8. The highest BCUT2D eigenvalue weighted by Gasteiger charge is 2.09. The third kappa shape index (κ3) is 2.73. The number of nitrogens with zero attached hydrogens (tertiary/aromatic N) is 1. The molecule has 0 saturated carbocycles. The van der Waals surface area contributed by atoms with Crippen molar-refractivity contribution < 1.29 is 4.79 Å². The highest BCUT2D eigenvalue weighted by Crippen LogP contribution is 2.25. The molecule has 17 heavy (non-hydrogen) atoms. The van der Waals surface area contributed by atoms with Crippen LogP contribution >= 0.6 is 27.3 Å². The molecule has 0 aliphatic heterocycles. The Kier molecular flexibility index (Phi) is 3.59. The first kappa shape index (κ1) is 12.3. The highest BCUT2D eigenvalue weighted by atomic mass is 79.9. The number of benzene rings is 1. The van der Waals surface area contributed by atoms with E-state index in [1.54, 1.807) is 11.7 Å². The largest absolute Gasteiger partial charge is 0.321 e. The number of aromatic nitrogens is 1. The molecule has 0 spiro atoms. The summed E-state index contributed by atoms with van der Waals surface area (Å²) in [6, 6.07) is 3.88. The number of nitrogens with one attached hydrogen (secondary N) is 1. The molecule has 0 aliphatic rings. The third-order valence-corrected chi connectivity index (χ3v) is 4.37. The van der Waals surface area contributed by atoms with E-state index in [9.17, 15) is 4.79 Å². The van der Waals surface area contributed by atoms with Crippen LogP contribution in [0.15, 0.2) is 28.3 Å². The fourth-order valence-corrected chi connectivity index (χ4v) is 2.28. The zero-order valence-corrected chi connectivity index (χ0v) is 11.9. The van der Waals surface area contributed by atoms with Crippen molar-refractivity contribution in [3.63, 3.8) is 0 Å². The molecule has 1 amide bonds. The Bertz CT molecular complexity index is 529. The van der Waals surface area contributed by atoms with E-state index in [0.717, 1.165) is 21.3 Å². The predicted octanol–water partition coefficient (Wildman–Crippen LogP) is 3.77. The fraction of sp³-hybridized carbons (Fsp3) is 0.167. The summed E-state index contributed by atoms with van der Waals surface area (Å²) in [5.41, 5.74) is 4.66. The molecule has 1 heterocycles. The minimum Gasteiger partial charge on any atom is -0.321 e. The molecule has 88 valence electrons. The summed E-state index contributed by atoms with van der Waals surface area (Å²) >= 11 is 4.83. The first-order valence-corrected chi connectivity index (χ1v) is 6.72. The van der Waals surface area contributed by atoms with Gasteiger partial charge in [0.15, 0.2) is 0 Å². The van der Waals surface area contributed by atoms with Gasteiger partial charge in [-0.25, -0.2) is 0 Å². The minimum absolute atomic E-state index is 0.117. The van der Waals surface area contributed by atoms with Gasteiger partial charge in [-0.3, -0.25) is 9.78 Å². The van der Waals surface area contributed by atoms with Crippen molar-refractivity contribution in [2.24, 2.45) is 0 Å². The monoisotopic (exact) mass is 310 g/mol. The van der Waals surface area contributed by atoms with Crippen molar-refractivity contribution in [2.45, 2.75) is 13.8 Å². The van der Waals surface area contributed by atoms with Crippen molar-refractivity contribution in [3.8, 4) is 0 Å². The molecule has 0 aliphatic carbocycles. The number of thiazole rings is 1. The second kappa shape index (κ2) is 4.98. The molecular formula is C12H11BrN2OS. The molecule has 2 rings (SSSR count). The molecule has 2 aromatic rings. The molecule has 1 aromatic heterocycles. The summed E-state index contributed by atoms with van der Waals surface area (Å²) in [7, 11) is 0. The first-order valence-electron chi connectivity index (χ1n) is 5.04. The van der Waals surface area contributed by atoms with Crippen molar-refractivity contribution in [1.82, 2.24) is 4.98 Å². The van der Waals surface area contributed by atoms with Crippen LogP contribution in [0.4, 0.5) is 5.69 Å². The normalized spacial score (nSPS) is 10.3. The van der Waals surface area contributed by atoms with Gasteiger partial charge in [0.1, 0.15) is 4.88 Å². The SMILES string of the molecule is Cc1cc(NC(=O)c2cncs2)cc(C)c1Br. The van der Waals surface area contributed by atoms with E-state index in [0.29, 0.717) is 4.88 Å². The van der Waals surface area contributed by atoms with Crippen LogP contribution in [0.5, 0.6) is 0 Å². The van der Waals surface area contributed by atoms with Crippen LogP contribution in [-0.4, -0.2) is 10.9 Å². The lowest BCUT2D eigenvalue weighted by molar-refractivity contribution is 0.103. The van der Waals surface area contributed by atoms with Crippen LogP contribution in [0.2, 0.25) is 0 Å². The number of anilines is 1. The van der Waals surface area contributed by atoms with Crippen LogP contribution in [0.25, 0.3) is 0 Å². The Hall–Kier alpha value is -1.20. The number of rotatable bonds is 2. The molecule has 0 saturated heterocycles. The van der Waals surface area contributed by atoms with Gasteiger partial charge in [-0.15, -0.1) is 11.3 Å². The second-order valence-electron chi connectivity index (χ2n) is 3.74. The number of carbonyl (C=O) groups is 1. The Morgan fingerprint density at radius 2 is 2.00 bits per heavy atom. The van der Waals surface area contributed by atoms with Gasteiger partial charge in [-0.05, 0) is 37.1 Å². The lowest BCUT2D eigenvalue weighted by Gasteiger charge is -2.08. The van der Waals surface area contributed by atoms with Crippen LogP contribution in [0.1, 0.15) is 20.8 Å². The van der Waals surface area contributed by atoms with Crippen molar-refractivity contribution in [2.75, 3.05) is 5.32 Å². The fourth-order valence-electron chi connectivity index (χ4n) is 1.54. The highest BCUT2D eigenvalue weighted by molar-refractivity contribution is 9.10. The first-order chi connectivity index (χ1) is 8.08. The van der Waals surface area contributed by atoms with E-state index in [-0.39, 0.29) is 5.91 Å². The lowest BCUT2D eigenvalue weighted by atomic mass is 10.1. The van der Waals surface area contributed by atoms with Crippen LogP contribution in [0, 0.1) is 13.8 Å². The molecule has 5 heteroatoms. The molecule has 0 bridgehead atoms. The molecule has 1 aromatic carbocycles. The van der Waals surface area contributed by atoms with Gasteiger partial charge in [0.2, 0.25) is 0 Å². The van der Waals surface area contributed by atoms with Gasteiger partial charge in [-0.1, -0.05) is 15.9 Å². The van der Waals surface area contributed by atoms with Gasteiger partial charge >= 0.3 is 0 Å². The molecule has 1 N–H and O–H groups in total. The summed E-state index contributed by atoms with van der Waals surface area (Å²) in [5.74, 6) is -0.117. The number of hydrogen-bond donors (Lipinski definition) is 1. The maximum Gasteiger partial charge on any atom is 0.267 e. The Balaban J connectivity index is 2.22. The summed E-state index contributed by atoms with van der Waals surface area (Å²) in [5, 5.41) is 2.86. The van der Waals surface area contributed by atoms with E-state index >= 15 is 0 Å². The van der Waals surface area contributed by atoms with E-state index in [1.165, 1.54) is 11.3 Å². The summed E-state index contributed by atoms with van der Waals surface area (Å²) < 4.78 is 1.08. The average Bonchev–Trinajstić information content (AvgIpc) is 2.79. The second-order valence-corrected chi connectivity index (χ2v) is 5.42. The lowest BCUT2D eigenvalue weighted by Crippen LogP contribution is -2.10. The van der Waals surface area contributed by atoms with Crippen molar-refractivity contribution >= 4 is 38.9 Å². The topological polar surface area (TPSA) is 42.0 Å². The van der Waals surface area contributed by atoms with Gasteiger partial charge < -0.3 is 5.32 Å². The summed E-state index contributed by atoms with van der Waals surface area (Å²) in [4.78, 5) is 16.3. The van der Waals surface area contributed by atoms with E-state index in [1.807, 2.05) is 26.0 Å². The van der Waals surface area contributed by atoms with Crippen molar-refractivity contribution in [1.29, 1.82) is 0 Å². The molecule has 3 nitrogen and oxygen atoms in total. The zero-order valence-electron chi connectivity index (χ0n) is 9.45. The smallest absolute Gasteiger partial charge is 0.267 e. The van der Waals surface area contributed by atoms with E-state index in [4.69, 9.17) is 0 Å². The van der Waals surface area contributed by atoms with E-state index < -0.39 is 0 Å². The number of carbonyl (C=O) groups excluding carboxylic acids is 1. The molecule has 0 unspecified atom stereocenters. The number of hydrogen-bond acceptors (Lipinski definition) is 3.